The summed E-state index contributed by atoms with van der Waals surface area (Å²) in [6, 6.07) is 16.0. The van der Waals surface area contributed by atoms with E-state index < -0.39 is 34.6 Å². The number of nitrogens with one attached hydrogen (secondary N) is 2. The van der Waals surface area contributed by atoms with Gasteiger partial charge in [0.1, 0.15) is 23.8 Å². The maximum absolute atomic E-state index is 12.5. The second-order valence-corrected chi connectivity index (χ2v) is 10.3. The fourth-order valence-electron chi connectivity index (χ4n) is 4.03. The average molecular weight is 539 g/mol. The summed E-state index contributed by atoms with van der Waals surface area (Å²) < 4.78 is 34.6. The van der Waals surface area contributed by atoms with Gasteiger partial charge in [-0.1, -0.05) is 36.4 Å². The first kappa shape index (κ1) is 25.6. The Morgan fingerprint density at radius 1 is 1.03 bits per heavy atom. The van der Waals surface area contributed by atoms with Gasteiger partial charge in [-0.2, -0.15) is 9.97 Å². The Morgan fingerprint density at radius 2 is 1.76 bits per heavy atom. The molecule has 0 unspecified atom stereocenters. The van der Waals surface area contributed by atoms with E-state index in [1.165, 1.54) is 17.0 Å². The van der Waals surface area contributed by atoms with Crippen LogP contribution in [0.15, 0.2) is 66.3 Å². The van der Waals surface area contributed by atoms with Crippen molar-refractivity contribution in [2.75, 3.05) is 23.3 Å². The fraction of sp³-hybridized carbons (Fsp3) is 0.208. The van der Waals surface area contributed by atoms with E-state index >= 15 is 0 Å². The normalized spacial score (nSPS) is 21.8. The summed E-state index contributed by atoms with van der Waals surface area (Å²) in [5.74, 6) is 0.307. The Morgan fingerprint density at radius 3 is 2.53 bits per heavy atom. The molecule has 0 radical (unpaired) electrons. The van der Waals surface area contributed by atoms with Crippen molar-refractivity contribution in [3.8, 4) is 0 Å². The first-order valence-electron chi connectivity index (χ1n) is 11.6. The molecule has 3 heterocycles. The number of fused-ring (bicyclic) bond motifs is 1. The standard InChI is InChI=1S/C24H26N8O5S/c25-16-9-5-4-6-14(16)10-11-38(35,36)28-12-17-19(33)20(34)23(37-17)32-13-27-18-21(26)30-24(31-22(18)32)29-15-7-2-1-3-8-15/h1-11,13,17,19-20,23,28,33-34H,12,25H2,(H3,26,29,30,31)/b11-10+/t17-,19-,20-,23-/m1/s1. The second kappa shape index (κ2) is 10.4. The number of hydrogen-bond donors (Lipinski definition) is 6. The molecule has 5 rings (SSSR count). The van der Waals surface area contributed by atoms with Gasteiger partial charge in [0.05, 0.1) is 6.33 Å². The van der Waals surface area contributed by atoms with E-state index in [1.54, 1.807) is 24.3 Å². The maximum atomic E-state index is 12.5. The van der Waals surface area contributed by atoms with Gasteiger partial charge in [0.2, 0.25) is 16.0 Å². The summed E-state index contributed by atoms with van der Waals surface area (Å²) in [4.78, 5) is 12.9. The number of rotatable bonds is 8. The van der Waals surface area contributed by atoms with E-state index in [0.29, 0.717) is 11.3 Å². The van der Waals surface area contributed by atoms with Gasteiger partial charge in [0.15, 0.2) is 17.7 Å². The molecule has 4 aromatic rings. The highest BCUT2D eigenvalue weighted by molar-refractivity contribution is 7.92. The summed E-state index contributed by atoms with van der Waals surface area (Å²) in [6.45, 7) is -0.295. The molecule has 198 valence electrons. The molecule has 1 fully saturated rings. The fourth-order valence-corrected chi connectivity index (χ4v) is 4.85. The molecule has 1 saturated heterocycles. The molecule has 0 aliphatic carbocycles. The maximum Gasteiger partial charge on any atom is 0.233 e. The molecular weight excluding hydrogens is 512 g/mol. The first-order valence-corrected chi connectivity index (χ1v) is 13.1. The van der Waals surface area contributed by atoms with Crippen molar-refractivity contribution in [3.05, 3.63) is 71.9 Å². The molecule has 0 amide bonds. The number of imidazole rings is 1. The number of nitrogens with zero attached hydrogens (tertiary/aromatic N) is 4. The number of para-hydroxylation sites is 2. The van der Waals surface area contributed by atoms with E-state index in [4.69, 9.17) is 16.2 Å². The van der Waals surface area contributed by atoms with Crippen LogP contribution in [-0.2, 0) is 14.8 Å². The number of aromatic nitrogens is 4. The Balaban J connectivity index is 1.32. The predicted molar refractivity (Wildman–Crippen MR) is 142 cm³/mol. The number of nitrogen functional groups attached to an aromatic ring is 2. The molecule has 8 N–H and O–H groups in total. The number of anilines is 4. The third kappa shape index (κ3) is 5.29. The van der Waals surface area contributed by atoms with Crippen LogP contribution >= 0.6 is 0 Å². The smallest absolute Gasteiger partial charge is 0.233 e. The van der Waals surface area contributed by atoms with Crippen molar-refractivity contribution >= 4 is 50.4 Å². The van der Waals surface area contributed by atoms with Gasteiger partial charge >= 0.3 is 0 Å². The third-order valence-corrected chi connectivity index (χ3v) is 7.06. The van der Waals surface area contributed by atoms with E-state index in [-0.39, 0.29) is 29.5 Å². The summed E-state index contributed by atoms with van der Waals surface area (Å²) in [5.41, 5.74) is 14.2. The van der Waals surface area contributed by atoms with E-state index in [9.17, 15) is 18.6 Å². The summed E-state index contributed by atoms with van der Waals surface area (Å²) in [7, 11) is -3.90. The molecule has 4 atom stereocenters. The first-order chi connectivity index (χ1) is 18.2. The predicted octanol–water partition coefficient (Wildman–Crippen LogP) is 0.944. The lowest BCUT2D eigenvalue weighted by Gasteiger charge is -2.17. The summed E-state index contributed by atoms with van der Waals surface area (Å²) in [6.07, 6.45) is -2.23. The highest BCUT2D eigenvalue weighted by Gasteiger charge is 2.44. The number of aliphatic hydroxyl groups is 2. The van der Waals surface area contributed by atoms with Crippen LogP contribution in [0.4, 0.5) is 23.1 Å². The minimum atomic E-state index is -3.90. The number of benzene rings is 2. The lowest BCUT2D eigenvalue weighted by atomic mass is 10.1. The summed E-state index contributed by atoms with van der Waals surface area (Å²) >= 11 is 0. The van der Waals surface area contributed by atoms with Crippen LogP contribution in [0.3, 0.4) is 0 Å². The van der Waals surface area contributed by atoms with Crippen molar-refractivity contribution in [1.82, 2.24) is 24.2 Å². The lowest BCUT2D eigenvalue weighted by Crippen LogP contribution is -2.39. The monoisotopic (exact) mass is 538 g/mol. The van der Waals surface area contributed by atoms with E-state index in [2.05, 4.69) is 25.0 Å². The zero-order valence-corrected chi connectivity index (χ0v) is 20.7. The quantitative estimate of drug-likeness (QED) is 0.174. The van der Waals surface area contributed by atoms with E-state index in [0.717, 1.165) is 11.1 Å². The van der Waals surface area contributed by atoms with Crippen molar-refractivity contribution in [2.24, 2.45) is 0 Å². The Kier molecular flexibility index (Phi) is 6.96. The molecular formula is C24H26N8O5S. The minimum absolute atomic E-state index is 0.107. The minimum Gasteiger partial charge on any atom is -0.398 e. The molecule has 1 aliphatic rings. The molecule has 14 heteroatoms. The zero-order chi connectivity index (χ0) is 26.9. The van der Waals surface area contributed by atoms with Gasteiger partial charge in [0.25, 0.3) is 0 Å². The largest absolute Gasteiger partial charge is 0.398 e. The van der Waals surface area contributed by atoms with Crippen LogP contribution in [-0.4, -0.2) is 63.0 Å². The Bertz CT molecular complexity index is 1580. The van der Waals surface area contributed by atoms with Gasteiger partial charge < -0.3 is 31.7 Å². The van der Waals surface area contributed by atoms with Crippen molar-refractivity contribution in [2.45, 2.75) is 24.5 Å². The molecule has 0 saturated carbocycles. The molecule has 1 aliphatic heterocycles. The van der Waals surface area contributed by atoms with Crippen LogP contribution in [0.2, 0.25) is 0 Å². The summed E-state index contributed by atoms with van der Waals surface area (Å²) in [5, 5.41) is 25.3. The van der Waals surface area contributed by atoms with Crippen molar-refractivity contribution < 1.29 is 23.4 Å². The van der Waals surface area contributed by atoms with Crippen LogP contribution in [0, 0.1) is 0 Å². The Labute approximate surface area is 217 Å². The Hall–Kier alpha value is -4.08. The van der Waals surface area contributed by atoms with E-state index in [1.807, 2.05) is 30.3 Å². The molecule has 2 aromatic heterocycles. The highest BCUT2D eigenvalue weighted by atomic mass is 32.2. The van der Waals surface area contributed by atoms with Crippen molar-refractivity contribution in [1.29, 1.82) is 0 Å². The van der Waals surface area contributed by atoms with Gasteiger partial charge in [-0.05, 0) is 29.8 Å². The molecule has 13 nitrogen and oxygen atoms in total. The number of sulfonamides is 1. The lowest BCUT2D eigenvalue weighted by molar-refractivity contribution is -0.0329. The second-order valence-electron chi connectivity index (χ2n) is 8.62. The van der Waals surface area contributed by atoms with Gasteiger partial charge in [-0.15, -0.1) is 0 Å². The van der Waals surface area contributed by atoms with Gasteiger partial charge in [-0.3, -0.25) is 4.57 Å². The number of ether oxygens (including phenoxy) is 1. The SMILES string of the molecule is Nc1ccccc1/C=C/S(=O)(=O)NC[C@H]1O[C@@H](n2cnc3c(N)nc(Nc4ccccc4)nc32)[C@H](O)[C@@H]1O. The molecule has 38 heavy (non-hydrogen) atoms. The number of nitrogens with two attached hydrogens (primary N) is 2. The van der Waals surface area contributed by atoms with Crippen LogP contribution in [0.25, 0.3) is 17.2 Å². The number of hydrogen-bond acceptors (Lipinski definition) is 11. The van der Waals surface area contributed by atoms with Crippen LogP contribution < -0.4 is 21.5 Å². The topological polar surface area (TPSA) is 204 Å². The third-order valence-electron chi connectivity index (χ3n) is 6.00. The van der Waals surface area contributed by atoms with Crippen molar-refractivity contribution in [3.63, 3.8) is 0 Å². The molecule has 0 spiro atoms. The van der Waals surface area contributed by atoms with Gasteiger partial charge in [0, 0.05) is 23.3 Å². The average Bonchev–Trinajstić information content (AvgIpc) is 3.44. The van der Waals surface area contributed by atoms with Crippen LogP contribution in [0.5, 0.6) is 0 Å². The highest BCUT2D eigenvalue weighted by Crippen LogP contribution is 2.32. The molecule has 2 aromatic carbocycles. The number of aliphatic hydroxyl groups excluding tert-OH is 2. The molecule has 0 bridgehead atoms. The van der Waals surface area contributed by atoms with Crippen LogP contribution in [0.1, 0.15) is 11.8 Å². The van der Waals surface area contributed by atoms with Gasteiger partial charge in [-0.25, -0.2) is 18.1 Å². The zero-order valence-electron chi connectivity index (χ0n) is 19.9.